The maximum Gasteiger partial charge on any atom is 0.241 e. The molecule has 6 nitrogen and oxygen atoms in total. The molecule has 0 rings (SSSR count). The second-order valence-corrected chi connectivity index (χ2v) is 7.72. The zero-order valence-electron chi connectivity index (χ0n) is 12.6. The van der Waals surface area contributed by atoms with Crippen LogP contribution in [0.2, 0.25) is 0 Å². The normalized spacial score (nSPS) is 14.5. The van der Waals surface area contributed by atoms with Crippen molar-refractivity contribution >= 4 is 15.9 Å². The molecule has 0 aliphatic carbocycles. The van der Waals surface area contributed by atoms with Crippen molar-refractivity contribution in [3.05, 3.63) is 0 Å². The van der Waals surface area contributed by atoms with Crippen LogP contribution in [0, 0.1) is 5.92 Å². The maximum atomic E-state index is 12.3. The van der Waals surface area contributed by atoms with Crippen LogP contribution in [0.5, 0.6) is 0 Å². The van der Waals surface area contributed by atoms with Crippen LogP contribution in [-0.4, -0.2) is 55.8 Å². The number of rotatable bonds is 7. The minimum absolute atomic E-state index is 0.175. The molecule has 1 atom stereocenters. The lowest BCUT2D eigenvalue weighted by Gasteiger charge is -2.36. The average Bonchev–Trinajstić information content (AvgIpc) is 2.23. The number of nitrogens with one attached hydrogen (secondary N) is 1. The van der Waals surface area contributed by atoms with E-state index in [1.807, 2.05) is 13.8 Å². The summed E-state index contributed by atoms with van der Waals surface area (Å²) in [6.07, 6.45) is 1.45. The zero-order chi connectivity index (χ0) is 15.4. The Balaban J connectivity index is 5.11. The number of aliphatic hydroxyl groups excluding tert-OH is 1. The van der Waals surface area contributed by atoms with Crippen LogP contribution in [0.4, 0.5) is 0 Å². The molecule has 0 saturated heterocycles. The van der Waals surface area contributed by atoms with Gasteiger partial charge in [0, 0.05) is 7.05 Å². The highest BCUT2D eigenvalue weighted by Crippen LogP contribution is 2.16. The van der Waals surface area contributed by atoms with Gasteiger partial charge in [-0.15, -0.1) is 0 Å². The van der Waals surface area contributed by atoms with E-state index in [2.05, 4.69) is 4.72 Å². The number of sulfonamides is 1. The van der Waals surface area contributed by atoms with E-state index < -0.39 is 21.6 Å². The summed E-state index contributed by atoms with van der Waals surface area (Å²) in [5, 5.41) is 9.28. The topological polar surface area (TPSA) is 86.7 Å². The Kier molecular flexibility index (Phi) is 6.44. The van der Waals surface area contributed by atoms with Gasteiger partial charge in [0.2, 0.25) is 15.9 Å². The quantitative estimate of drug-likeness (QED) is 0.701. The van der Waals surface area contributed by atoms with E-state index in [0.29, 0.717) is 6.42 Å². The van der Waals surface area contributed by atoms with E-state index in [1.165, 1.54) is 4.90 Å². The van der Waals surface area contributed by atoms with Crippen LogP contribution in [0.3, 0.4) is 0 Å². The number of carbonyl (C=O) groups is 1. The first kappa shape index (κ1) is 18.3. The highest BCUT2D eigenvalue weighted by atomic mass is 32.2. The molecule has 0 spiro atoms. The van der Waals surface area contributed by atoms with Crippen molar-refractivity contribution in [3.63, 3.8) is 0 Å². The first-order chi connectivity index (χ1) is 8.40. The van der Waals surface area contributed by atoms with Gasteiger partial charge in [-0.05, 0) is 26.2 Å². The van der Waals surface area contributed by atoms with E-state index in [9.17, 15) is 18.3 Å². The van der Waals surface area contributed by atoms with Gasteiger partial charge in [-0.1, -0.05) is 13.8 Å². The van der Waals surface area contributed by atoms with Crippen LogP contribution in [0.15, 0.2) is 0 Å². The summed E-state index contributed by atoms with van der Waals surface area (Å²) in [4.78, 5) is 13.7. The molecule has 1 amide bonds. The molecular formula is C12H26N2O4S. The van der Waals surface area contributed by atoms with Gasteiger partial charge in [0.05, 0.1) is 18.4 Å². The van der Waals surface area contributed by atoms with Crippen molar-refractivity contribution in [3.8, 4) is 0 Å². The second kappa shape index (κ2) is 6.67. The zero-order valence-corrected chi connectivity index (χ0v) is 13.4. The third-order valence-corrected chi connectivity index (χ3v) is 3.70. The van der Waals surface area contributed by atoms with Crippen molar-refractivity contribution in [2.24, 2.45) is 5.92 Å². The molecule has 114 valence electrons. The van der Waals surface area contributed by atoms with Gasteiger partial charge in [-0.25, -0.2) is 13.1 Å². The molecule has 0 aromatic rings. The Morgan fingerprint density at radius 2 is 1.84 bits per heavy atom. The van der Waals surface area contributed by atoms with E-state index >= 15 is 0 Å². The van der Waals surface area contributed by atoms with Crippen molar-refractivity contribution < 1.29 is 18.3 Å². The Bertz CT molecular complexity index is 404. The van der Waals surface area contributed by atoms with Crippen molar-refractivity contribution in [1.82, 2.24) is 9.62 Å². The van der Waals surface area contributed by atoms with E-state index in [4.69, 9.17) is 0 Å². The molecular weight excluding hydrogens is 268 g/mol. The fourth-order valence-electron chi connectivity index (χ4n) is 1.57. The van der Waals surface area contributed by atoms with E-state index in [1.54, 1.807) is 20.9 Å². The number of nitrogens with zero attached hydrogens (tertiary/aromatic N) is 1. The Morgan fingerprint density at radius 1 is 1.37 bits per heavy atom. The second-order valence-electron chi connectivity index (χ2n) is 5.94. The van der Waals surface area contributed by atoms with Crippen molar-refractivity contribution in [2.75, 3.05) is 19.9 Å². The van der Waals surface area contributed by atoms with Gasteiger partial charge in [-0.3, -0.25) is 4.79 Å². The summed E-state index contributed by atoms with van der Waals surface area (Å²) in [5.74, 6) is -0.160. The first-order valence-electron chi connectivity index (χ1n) is 6.26. The minimum Gasteiger partial charge on any atom is -0.394 e. The molecule has 0 aliphatic rings. The third kappa shape index (κ3) is 6.35. The van der Waals surface area contributed by atoms with Gasteiger partial charge in [-0.2, -0.15) is 0 Å². The average molecular weight is 294 g/mol. The van der Waals surface area contributed by atoms with Gasteiger partial charge < -0.3 is 10.0 Å². The molecule has 7 heteroatoms. The summed E-state index contributed by atoms with van der Waals surface area (Å²) < 4.78 is 25.0. The molecule has 0 bridgehead atoms. The van der Waals surface area contributed by atoms with E-state index in [0.717, 1.165) is 6.26 Å². The smallest absolute Gasteiger partial charge is 0.241 e. The largest absolute Gasteiger partial charge is 0.394 e. The van der Waals surface area contributed by atoms with Crippen LogP contribution < -0.4 is 4.72 Å². The minimum atomic E-state index is -3.46. The summed E-state index contributed by atoms with van der Waals surface area (Å²) in [5.41, 5.74) is -0.731. The number of aliphatic hydroxyl groups is 1. The van der Waals surface area contributed by atoms with Crippen molar-refractivity contribution in [1.29, 1.82) is 0 Å². The predicted molar refractivity (Wildman–Crippen MR) is 75.2 cm³/mol. The summed E-state index contributed by atoms with van der Waals surface area (Å²) in [6, 6.07) is -0.800. The molecule has 0 aromatic carbocycles. The van der Waals surface area contributed by atoms with Crippen LogP contribution in [-0.2, 0) is 14.8 Å². The van der Waals surface area contributed by atoms with Crippen molar-refractivity contribution in [2.45, 2.75) is 45.7 Å². The summed E-state index contributed by atoms with van der Waals surface area (Å²) in [7, 11) is -1.89. The molecule has 0 saturated carbocycles. The lowest BCUT2D eigenvalue weighted by Crippen LogP contribution is -2.55. The van der Waals surface area contributed by atoms with Crippen LogP contribution in [0.1, 0.15) is 34.1 Å². The third-order valence-electron chi connectivity index (χ3n) is 2.99. The molecule has 0 heterocycles. The van der Waals surface area contributed by atoms with Gasteiger partial charge in [0.15, 0.2) is 0 Å². The number of amides is 1. The van der Waals surface area contributed by atoms with Crippen LogP contribution in [0.25, 0.3) is 0 Å². The molecule has 0 fully saturated rings. The number of carbonyl (C=O) groups excluding carboxylic acids is 1. The Hall–Kier alpha value is -0.660. The number of hydrogen-bond acceptors (Lipinski definition) is 4. The van der Waals surface area contributed by atoms with Crippen LogP contribution >= 0.6 is 0 Å². The highest BCUT2D eigenvalue weighted by Gasteiger charge is 2.33. The molecule has 1 unspecified atom stereocenters. The van der Waals surface area contributed by atoms with Gasteiger partial charge in [0.25, 0.3) is 0 Å². The van der Waals surface area contributed by atoms with E-state index in [-0.39, 0.29) is 18.4 Å². The maximum absolute atomic E-state index is 12.3. The number of hydrogen-bond donors (Lipinski definition) is 2. The van der Waals surface area contributed by atoms with Gasteiger partial charge in [0.1, 0.15) is 6.04 Å². The molecule has 0 radical (unpaired) electrons. The fraction of sp³-hybridized carbons (Fsp3) is 0.917. The first-order valence-corrected chi connectivity index (χ1v) is 8.15. The predicted octanol–water partition coefficient (Wildman–Crippen LogP) is 0.180. The Morgan fingerprint density at radius 3 is 2.16 bits per heavy atom. The molecule has 2 N–H and O–H groups in total. The molecule has 19 heavy (non-hydrogen) atoms. The van der Waals surface area contributed by atoms with Gasteiger partial charge >= 0.3 is 0 Å². The monoisotopic (exact) mass is 294 g/mol. The SMILES string of the molecule is CC(C)CC(NS(C)(=O)=O)C(=O)N(C)C(C)(C)CO. The molecule has 0 aromatic heterocycles. The Labute approximate surface area is 116 Å². The standard InChI is InChI=1S/C12H26N2O4S/c1-9(2)7-10(13-19(6,17)18)11(16)14(5)12(3,4)8-15/h9-10,13,15H,7-8H2,1-6H3. The summed E-state index contributed by atoms with van der Waals surface area (Å²) >= 11 is 0. The molecule has 0 aliphatic heterocycles. The highest BCUT2D eigenvalue weighted by molar-refractivity contribution is 7.88. The lowest BCUT2D eigenvalue weighted by atomic mass is 10.00. The lowest BCUT2D eigenvalue weighted by molar-refractivity contribution is -0.138. The fourth-order valence-corrected chi connectivity index (χ4v) is 2.28. The summed E-state index contributed by atoms with van der Waals surface area (Å²) in [6.45, 7) is 7.08. The number of likely N-dealkylation sites (N-methyl/N-ethyl adjacent to an activating group) is 1.